The molecule has 0 radical (unpaired) electrons. The van der Waals surface area contributed by atoms with Gasteiger partial charge in [-0.15, -0.1) is 11.3 Å². The molecule has 0 aliphatic carbocycles. The Kier molecular flexibility index (Phi) is 6.59. The molecule has 0 spiro atoms. The predicted octanol–water partition coefficient (Wildman–Crippen LogP) is 6.20. The lowest BCUT2D eigenvalue weighted by atomic mass is 9.80. The first-order valence-corrected chi connectivity index (χ1v) is 12.3. The van der Waals surface area contributed by atoms with E-state index in [1.54, 1.807) is 25.2 Å². The summed E-state index contributed by atoms with van der Waals surface area (Å²) >= 11 is 1.62. The van der Waals surface area contributed by atoms with Gasteiger partial charge in [0.05, 0.1) is 16.0 Å². The van der Waals surface area contributed by atoms with E-state index in [1.807, 2.05) is 46.9 Å². The van der Waals surface area contributed by atoms with Crippen LogP contribution in [0.15, 0.2) is 66.3 Å². The first-order valence-electron chi connectivity index (χ1n) is 11.4. The molecule has 1 fully saturated rings. The second-order valence-electron chi connectivity index (χ2n) is 9.68. The van der Waals surface area contributed by atoms with Gasteiger partial charge in [-0.25, -0.2) is 4.79 Å². The largest absolute Gasteiger partial charge is 0.438 e. The van der Waals surface area contributed by atoms with Crippen LogP contribution in [0.3, 0.4) is 0 Å². The molecule has 1 amide bonds. The molecule has 1 aliphatic rings. The van der Waals surface area contributed by atoms with Crippen molar-refractivity contribution >= 4 is 17.4 Å². The van der Waals surface area contributed by atoms with Crippen LogP contribution >= 0.6 is 11.3 Å². The summed E-state index contributed by atoms with van der Waals surface area (Å²) in [4.78, 5) is 20.4. The van der Waals surface area contributed by atoms with Gasteiger partial charge in [0.25, 0.3) is 0 Å². The van der Waals surface area contributed by atoms with Gasteiger partial charge in [-0.05, 0) is 37.5 Å². The Labute approximate surface area is 200 Å². The summed E-state index contributed by atoms with van der Waals surface area (Å²) in [5.41, 5.74) is 3.31. The number of benzene rings is 2. The molecule has 6 heteroatoms. The number of carbonyl (C=O) groups is 1. The lowest BCUT2D eigenvalue weighted by Gasteiger charge is -2.46. The standard InChI is InChI=1S/C27H32N2O3S/c1-19(21-10-12-22(13-11-21)24-16-28-18-33-24)20(2)29-15-14-27(32-25(29)30,17-26(3,4)31)23-8-6-5-7-9-23/h5-13,16,18-20,31H,14-15,17H2,1-4H3/t19-,20?,27+/m1/s1. The number of hydrogen-bond acceptors (Lipinski definition) is 5. The molecule has 1 aromatic heterocycles. The summed E-state index contributed by atoms with van der Waals surface area (Å²) < 4.78 is 6.15. The van der Waals surface area contributed by atoms with Crippen molar-refractivity contribution < 1.29 is 14.6 Å². The number of aromatic nitrogens is 1. The first kappa shape index (κ1) is 23.5. The molecular formula is C27H32N2O3S. The van der Waals surface area contributed by atoms with E-state index in [4.69, 9.17) is 4.74 Å². The maximum atomic E-state index is 13.3. The van der Waals surface area contributed by atoms with Gasteiger partial charge in [-0.1, -0.05) is 61.5 Å². The number of amides is 1. The number of thiazole rings is 1. The first-order chi connectivity index (χ1) is 15.7. The molecule has 0 saturated carbocycles. The fraction of sp³-hybridized carbons (Fsp3) is 0.407. The highest BCUT2D eigenvalue weighted by Crippen LogP contribution is 2.42. The minimum absolute atomic E-state index is 0.0253. The highest BCUT2D eigenvalue weighted by molar-refractivity contribution is 7.13. The third-order valence-electron chi connectivity index (χ3n) is 6.66. The molecule has 2 aromatic carbocycles. The van der Waals surface area contributed by atoms with Crippen molar-refractivity contribution in [3.63, 3.8) is 0 Å². The van der Waals surface area contributed by atoms with Gasteiger partial charge >= 0.3 is 6.09 Å². The summed E-state index contributed by atoms with van der Waals surface area (Å²) in [6, 6.07) is 18.3. The Morgan fingerprint density at radius 3 is 2.42 bits per heavy atom. The molecule has 174 valence electrons. The van der Waals surface area contributed by atoms with Gasteiger partial charge in [-0.2, -0.15) is 0 Å². The van der Waals surface area contributed by atoms with Crippen LogP contribution < -0.4 is 0 Å². The summed E-state index contributed by atoms with van der Waals surface area (Å²) in [5.74, 6) is 0.145. The van der Waals surface area contributed by atoms with Crippen molar-refractivity contribution in [2.75, 3.05) is 6.54 Å². The maximum absolute atomic E-state index is 13.3. The van der Waals surface area contributed by atoms with Crippen LogP contribution in [0.4, 0.5) is 4.79 Å². The van der Waals surface area contributed by atoms with Crippen LogP contribution in [-0.4, -0.2) is 39.3 Å². The highest BCUT2D eigenvalue weighted by Gasteiger charge is 2.46. The van der Waals surface area contributed by atoms with E-state index in [-0.39, 0.29) is 18.1 Å². The van der Waals surface area contributed by atoms with Crippen molar-refractivity contribution in [3.05, 3.63) is 77.4 Å². The molecule has 33 heavy (non-hydrogen) atoms. The van der Waals surface area contributed by atoms with Crippen LogP contribution in [-0.2, 0) is 10.3 Å². The fourth-order valence-electron chi connectivity index (χ4n) is 4.77. The normalized spacial score (nSPS) is 20.9. The van der Waals surface area contributed by atoms with E-state index in [0.717, 1.165) is 16.0 Å². The number of hydrogen-bond donors (Lipinski definition) is 1. The summed E-state index contributed by atoms with van der Waals surface area (Å²) in [6.07, 6.45) is 2.54. The van der Waals surface area contributed by atoms with Gasteiger partial charge < -0.3 is 14.7 Å². The Morgan fingerprint density at radius 1 is 1.15 bits per heavy atom. The molecule has 0 bridgehead atoms. The monoisotopic (exact) mass is 464 g/mol. The van der Waals surface area contributed by atoms with E-state index in [2.05, 4.69) is 43.1 Å². The van der Waals surface area contributed by atoms with Crippen molar-refractivity contribution in [1.82, 2.24) is 9.88 Å². The SMILES string of the molecule is CC([C@@H](C)c1ccc(-c2cncs2)cc1)N1CC[C@](CC(C)(C)O)(c2ccccc2)OC1=O. The Hall–Kier alpha value is -2.70. The van der Waals surface area contributed by atoms with Crippen molar-refractivity contribution in [2.24, 2.45) is 0 Å². The predicted molar refractivity (Wildman–Crippen MR) is 132 cm³/mol. The number of rotatable bonds is 7. The molecule has 2 heterocycles. The van der Waals surface area contributed by atoms with Crippen molar-refractivity contribution in [2.45, 2.75) is 63.7 Å². The molecular weight excluding hydrogens is 432 g/mol. The molecule has 1 saturated heterocycles. The Balaban J connectivity index is 1.51. The quantitative estimate of drug-likeness (QED) is 0.452. The molecule has 1 aliphatic heterocycles. The second-order valence-corrected chi connectivity index (χ2v) is 10.6. The van der Waals surface area contributed by atoms with E-state index >= 15 is 0 Å². The van der Waals surface area contributed by atoms with E-state index < -0.39 is 11.2 Å². The maximum Gasteiger partial charge on any atom is 0.410 e. The molecule has 1 unspecified atom stereocenters. The summed E-state index contributed by atoms with van der Waals surface area (Å²) in [6.45, 7) is 8.33. The third kappa shape index (κ3) is 5.12. The van der Waals surface area contributed by atoms with Crippen molar-refractivity contribution in [3.8, 4) is 10.4 Å². The number of cyclic esters (lactones) is 1. The van der Waals surface area contributed by atoms with Crippen LogP contribution in [0.1, 0.15) is 57.6 Å². The lowest BCUT2D eigenvalue weighted by Crippen LogP contribution is -2.53. The molecule has 3 atom stereocenters. The van der Waals surface area contributed by atoms with E-state index in [1.165, 1.54) is 5.56 Å². The Morgan fingerprint density at radius 2 is 1.85 bits per heavy atom. The summed E-state index contributed by atoms with van der Waals surface area (Å²) in [7, 11) is 0. The zero-order chi connectivity index (χ0) is 23.6. The molecule has 5 nitrogen and oxygen atoms in total. The zero-order valence-corrected chi connectivity index (χ0v) is 20.5. The van der Waals surface area contributed by atoms with Crippen LogP contribution in [0.5, 0.6) is 0 Å². The fourth-order valence-corrected chi connectivity index (χ4v) is 5.40. The second kappa shape index (κ2) is 9.27. The smallest absolute Gasteiger partial charge is 0.410 e. The van der Waals surface area contributed by atoms with Gasteiger partial charge in [0.2, 0.25) is 0 Å². The minimum atomic E-state index is -0.961. The van der Waals surface area contributed by atoms with Gasteiger partial charge in [0, 0.05) is 37.5 Å². The molecule has 1 N–H and O–H groups in total. The van der Waals surface area contributed by atoms with Gasteiger partial charge in [0.1, 0.15) is 5.60 Å². The summed E-state index contributed by atoms with van der Waals surface area (Å²) in [5, 5.41) is 10.6. The van der Waals surface area contributed by atoms with Gasteiger partial charge in [-0.3, -0.25) is 4.98 Å². The zero-order valence-electron chi connectivity index (χ0n) is 19.7. The van der Waals surface area contributed by atoms with Crippen molar-refractivity contribution in [1.29, 1.82) is 0 Å². The average molecular weight is 465 g/mol. The van der Waals surface area contributed by atoms with Crippen LogP contribution in [0, 0.1) is 0 Å². The highest BCUT2D eigenvalue weighted by atomic mass is 32.1. The van der Waals surface area contributed by atoms with E-state index in [0.29, 0.717) is 19.4 Å². The lowest BCUT2D eigenvalue weighted by molar-refractivity contribution is -0.102. The van der Waals surface area contributed by atoms with Gasteiger partial charge in [0.15, 0.2) is 0 Å². The topological polar surface area (TPSA) is 62.7 Å². The molecule has 4 rings (SSSR count). The minimum Gasteiger partial charge on any atom is -0.438 e. The number of aliphatic hydroxyl groups is 1. The number of nitrogens with zero attached hydrogens (tertiary/aromatic N) is 2. The Bertz CT molecular complexity index is 1060. The van der Waals surface area contributed by atoms with Crippen LogP contribution in [0.25, 0.3) is 10.4 Å². The van der Waals surface area contributed by atoms with E-state index in [9.17, 15) is 9.90 Å². The number of ether oxygens (including phenoxy) is 1. The number of carbonyl (C=O) groups excluding carboxylic acids is 1. The third-order valence-corrected chi connectivity index (χ3v) is 7.48. The average Bonchev–Trinajstić information content (AvgIpc) is 3.33. The molecule has 3 aromatic rings. The van der Waals surface area contributed by atoms with Crippen LogP contribution in [0.2, 0.25) is 0 Å².